The predicted molar refractivity (Wildman–Crippen MR) is 118 cm³/mol. The number of ether oxygens (including phenoxy) is 1. The average Bonchev–Trinajstić information content (AvgIpc) is 3.19. The van der Waals surface area contributed by atoms with Gasteiger partial charge in [0.15, 0.2) is 0 Å². The molecule has 2 aromatic heterocycles. The number of benzene rings is 1. The third-order valence-electron chi connectivity index (χ3n) is 4.71. The molecule has 3 aromatic rings. The first-order chi connectivity index (χ1) is 14.1. The first kappa shape index (κ1) is 20.5. The summed E-state index contributed by atoms with van der Waals surface area (Å²) < 4.78 is 13.5. The molecule has 29 heavy (non-hydrogen) atoms. The van der Waals surface area contributed by atoms with Crippen LogP contribution in [0.1, 0.15) is 31.5 Å². The monoisotopic (exact) mass is 533 g/mol. The standard InChI is InChI=1S/C20H19AsBrN4O2S/c1-13(27)26-9-7-14(8-10-26)19-24-20(29-25-19)21-18-17(11-15(22)12-23-18)28-16-5-3-2-4-6-16/h2-6,11-12,14H,7-10H2,1H3. The van der Waals surface area contributed by atoms with Crippen molar-refractivity contribution in [2.75, 3.05) is 13.1 Å². The van der Waals surface area contributed by atoms with Crippen molar-refractivity contribution in [2.45, 2.75) is 25.7 Å². The zero-order valence-corrected chi connectivity index (χ0v) is 20.1. The maximum atomic E-state index is 11.5. The Balaban J connectivity index is 1.47. The van der Waals surface area contributed by atoms with Crippen molar-refractivity contribution in [3.8, 4) is 11.5 Å². The molecule has 6 nitrogen and oxygen atoms in total. The summed E-state index contributed by atoms with van der Waals surface area (Å²) in [6, 6.07) is 11.7. The molecule has 0 atom stereocenters. The molecule has 1 aliphatic heterocycles. The summed E-state index contributed by atoms with van der Waals surface area (Å²) in [7, 11) is 0. The van der Waals surface area contributed by atoms with Crippen molar-refractivity contribution < 1.29 is 9.53 Å². The molecule has 1 amide bonds. The van der Waals surface area contributed by atoms with Crippen molar-refractivity contribution in [3.63, 3.8) is 0 Å². The molecule has 1 aromatic carbocycles. The van der Waals surface area contributed by atoms with Crippen LogP contribution in [0.25, 0.3) is 0 Å². The van der Waals surface area contributed by atoms with Crippen molar-refractivity contribution in [1.82, 2.24) is 19.2 Å². The van der Waals surface area contributed by atoms with Crippen LogP contribution in [0.2, 0.25) is 0 Å². The Kier molecular flexibility index (Phi) is 6.63. The molecule has 149 valence electrons. The van der Waals surface area contributed by atoms with E-state index < -0.39 is 15.8 Å². The molecule has 0 aliphatic carbocycles. The Morgan fingerprint density at radius 2 is 2.03 bits per heavy atom. The fourth-order valence-electron chi connectivity index (χ4n) is 3.17. The SMILES string of the molecule is CC(=O)N1CCC(c2nsc([As]c3ncc(Br)cc3Oc3ccccc3)n2)CC1. The van der Waals surface area contributed by atoms with Gasteiger partial charge < -0.3 is 0 Å². The van der Waals surface area contributed by atoms with E-state index in [9.17, 15) is 4.79 Å². The van der Waals surface area contributed by atoms with Crippen LogP contribution in [0.5, 0.6) is 11.5 Å². The molecule has 0 N–H and O–H groups in total. The Morgan fingerprint density at radius 1 is 1.28 bits per heavy atom. The number of para-hydroxylation sites is 1. The van der Waals surface area contributed by atoms with E-state index in [1.807, 2.05) is 41.3 Å². The number of amides is 1. The van der Waals surface area contributed by atoms with Crippen LogP contribution >= 0.6 is 27.5 Å². The third-order valence-corrected chi connectivity index (χ3v) is 8.42. The third kappa shape index (κ3) is 5.24. The predicted octanol–water partition coefficient (Wildman–Crippen LogP) is 2.87. The van der Waals surface area contributed by atoms with E-state index in [0.29, 0.717) is 5.92 Å². The van der Waals surface area contributed by atoms with Crippen molar-refractivity contribution >= 4 is 57.4 Å². The van der Waals surface area contributed by atoms with Gasteiger partial charge in [-0.25, -0.2) is 0 Å². The van der Waals surface area contributed by atoms with Gasteiger partial charge in [0.25, 0.3) is 0 Å². The van der Waals surface area contributed by atoms with Crippen molar-refractivity contribution in [2.24, 2.45) is 0 Å². The summed E-state index contributed by atoms with van der Waals surface area (Å²) in [6.07, 6.45) is 3.64. The number of piperidine rings is 1. The molecule has 0 bridgehead atoms. The minimum absolute atomic E-state index is 0.146. The number of carbonyl (C=O) groups excluding carboxylic acids is 1. The normalized spacial score (nSPS) is 15.2. The molecule has 0 saturated carbocycles. The molecule has 4 rings (SSSR count). The van der Waals surface area contributed by atoms with Crippen molar-refractivity contribution in [1.29, 1.82) is 0 Å². The molecule has 1 saturated heterocycles. The van der Waals surface area contributed by atoms with Gasteiger partial charge in [-0.05, 0) is 0 Å². The Bertz CT molecular complexity index is 993. The zero-order chi connectivity index (χ0) is 20.2. The quantitative estimate of drug-likeness (QED) is 0.472. The van der Waals surface area contributed by atoms with Gasteiger partial charge in [-0.3, -0.25) is 0 Å². The van der Waals surface area contributed by atoms with E-state index >= 15 is 0 Å². The number of halogens is 1. The van der Waals surface area contributed by atoms with Gasteiger partial charge in [0.1, 0.15) is 0 Å². The van der Waals surface area contributed by atoms with Gasteiger partial charge in [0.2, 0.25) is 0 Å². The molecule has 0 unspecified atom stereocenters. The Morgan fingerprint density at radius 3 is 2.76 bits per heavy atom. The fourth-order valence-corrected chi connectivity index (χ4v) is 6.39. The number of hydrogen-bond acceptors (Lipinski definition) is 6. The summed E-state index contributed by atoms with van der Waals surface area (Å²) in [5.41, 5.74) is 0. The van der Waals surface area contributed by atoms with Crippen LogP contribution in [-0.2, 0) is 4.79 Å². The van der Waals surface area contributed by atoms with Crippen LogP contribution in [0.3, 0.4) is 0 Å². The maximum absolute atomic E-state index is 11.5. The van der Waals surface area contributed by atoms with Crippen LogP contribution in [0.15, 0.2) is 47.1 Å². The van der Waals surface area contributed by atoms with Crippen LogP contribution < -0.4 is 13.0 Å². The number of hydrogen-bond donors (Lipinski definition) is 0. The fraction of sp³-hybridized carbons (Fsp3) is 0.300. The van der Waals surface area contributed by atoms with Gasteiger partial charge in [0, 0.05) is 0 Å². The number of aromatic nitrogens is 3. The second kappa shape index (κ2) is 9.37. The van der Waals surface area contributed by atoms with Gasteiger partial charge in [-0.2, -0.15) is 0 Å². The molecule has 3 heterocycles. The van der Waals surface area contributed by atoms with Gasteiger partial charge in [0.05, 0.1) is 0 Å². The van der Waals surface area contributed by atoms with E-state index in [1.54, 1.807) is 13.1 Å². The van der Waals surface area contributed by atoms with Crippen LogP contribution in [0.4, 0.5) is 0 Å². The number of rotatable bonds is 5. The van der Waals surface area contributed by atoms with Crippen LogP contribution in [0, 0.1) is 0 Å². The average molecular weight is 534 g/mol. The molecule has 9 heteroatoms. The Hall–Kier alpha value is -1.76. The number of likely N-dealkylation sites (tertiary alicyclic amines) is 1. The number of pyridine rings is 1. The van der Waals surface area contributed by atoms with E-state index in [4.69, 9.17) is 9.72 Å². The summed E-state index contributed by atoms with van der Waals surface area (Å²) in [6.45, 7) is 3.20. The molecular formula is C20H19AsBrN4O2S. The van der Waals surface area contributed by atoms with Crippen molar-refractivity contribution in [3.05, 3.63) is 52.9 Å². The van der Waals surface area contributed by atoms with E-state index in [1.165, 1.54) is 11.5 Å². The zero-order valence-electron chi connectivity index (χ0n) is 15.8. The van der Waals surface area contributed by atoms with Gasteiger partial charge in [-0.1, -0.05) is 0 Å². The summed E-state index contributed by atoms with van der Waals surface area (Å²) in [5, 5.41) is 0. The molecular weight excluding hydrogens is 515 g/mol. The molecule has 1 radical (unpaired) electrons. The molecule has 1 fully saturated rings. The topological polar surface area (TPSA) is 68.2 Å². The second-order valence-electron chi connectivity index (χ2n) is 6.72. The van der Waals surface area contributed by atoms with Crippen LogP contribution in [-0.4, -0.2) is 54.0 Å². The van der Waals surface area contributed by atoms with Gasteiger partial charge >= 0.3 is 189 Å². The van der Waals surface area contributed by atoms with E-state index in [2.05, 4.69) is 25.3 Å². The second-order valence-corrected chi connectivity index (χ2v) is 11.3. The molecule has 1 aliphatic rings. The van der Waals surface area contributed by atoms with Gasteiger partial charge in [-0.15, -0.1) is 0 Å². The molecule has 0 spiro atoms. The summed E-state index contributed by atoms with van der Waals surface area (Å²) in [4.78, 5) is 22.8. The summed E-state index contributed by atoms with van der Waals surface area (Å²) in [5.74, 6) is 2.91. The first-order valence-corrected chi connectivity index (χ1v) is 12.7. The van der Waals surface area contributed by atoms with E-state index in [-0.39, 0.29) is 5.91 Å². The van der Waals surface area contributed by atoms with E-state index in [0.717, 1.165) is 56.0 Å². The summed E-state index contributed by atoms with van der Waals surface area (Å²) >= 11 is 4.51. The number of nitrogens with zero attached hydrogens (tertiary/aromatic N) is 4. The Labute approximate surface area is 188 Å². The first-order valence-electron chi connectivity index (χ1n) is 9.28. The number of carbonyl (C=O) groups is 1. The minimum atomic E-state index is -0.429.